The molecule has 3 heterocycles. The topological polar surface area (TPSA) is 424 Å². The van der Waals surface area contributed by atoms with E-state index in [-0.39, 0.29) is 45.2 Å². The lowest BCUT2D eigenvalue weighted by Gasteiger charge is -2.48. The minimum atomic E-state index is -1.57. The van der Waals surface area contributed by atoms with Crippen molar-refractivity contribution in [2.75, 3.05) is 41.0 Å². The summed E-state index contributed by atoms with van der Waals surface area (Å²) in [5.74, 6) is 0.499. The molecule has 19 atom stereocenters. The van der Waals surface area contributed by atoms with Crippen LogP contribution in [0.15, 0.2) is 103 Å². The van der Waals surface area contributed by atoms with E-state index in [1.807, 2.05) is 26.0 Å². The van der Waals surface area contributed by atoms with Gasteiger partial charge in [-0.3, -0.25) is 0 Å². The highest BCUT2D eigenvalue weighted by atomic mass is 16.8. The molecule has 31 heteroatoms. The third-order valence-electron chi connectivity index (χ3n) is 15.0. The molecular formula is C50H64N18O13. The van der Waals surface area contributed by atoms with Crippen LogP contribution < -0.4 is 14.2 Å². The SMILES string of the molecule is COc1ccc(COC2[C@H](O[C@@H]3C(OCc4ccc(OC)cc4)[C@H](N=[N+]=[N-])CC(N=[N+]=[N-])[C@@H]3O[C@@H]3OC(CN=[N+]=[N-])[C@H](C)[C@H](C)C3N=[N+]=[N-])O[C@H](CO)[C@@H]2O[C@H]2O[C@@H](CN=[N+]=[N-])[C@@H](C)C(OCc3ccc(OC)cc3)C2N=[N+]=[N-])cc1. The first-order valence-corrected chi connectivity index (χ1v) is 25.9. The summed E-state index contributed by atoms with van der Waals surface area (Å²) in [5.41, 5.74) is 60.9. The van der Waals surface area contributed by atoms with Gasteiger partial charge in [0.05, 0.1) is 109 Å². The van der Waals surface area contributed by atoms with Gasteiger partial charge in [0.15, 0.2) is 18.9 Å². The van der Waals surface area contributed by atoms with Crippen molar-refractivity contribution in [2.24, 2.45) is 48.4 Å². The van der Waals surface area contributed by atoms with E-state index in [2.05, 4.69) is 60.2 Å². The number of methoxy groups -OCH3 is 3. The van der Waals surface area contributed by atoms with Crippen molar-refractivity contribution in [1.29, 1.82) is 0 Å². The summed E-state index contributed by atoms with van der Waals surface area (Å²) < 4.78 is 76.4. The van der Waals surface area contributed by atoms with Gasteiger partial charge < -0.3 is 61.9 Å². The number of aliphatic hydroxyl groups is 1. The maximum Gasteiger partial charge on any atom is 0.187 e. The molecule has 3 aromatic rings. The molecule has 0 aromatic heterocycles. The zero-order chi connectivity index (χ0) is 57.8. The Labute approximate surface area is 464 Å². The van der Waals surface area contributed by atoms with E-state index >= 15 is 0 Å². The van der Waals surface area contributed by atoms with Crippen molar-refractivity contribution in [2.45, 2.75) is 145 Å². The van der Waals surface area contributed by atoms with E-state index in [1.165, 1.54) is 14.2 Å². The highest BCUT2D eigenvalue weighted by molar-refractivity contribution is 5.28. The van der Waals surface area contributed by atoms with E-state index < -0.39 is 116 Å². The Morgan fingerprint density at radius 1 is 0.444 bits per heavy atom. The molecule has 432 valence electrons. The van der Waals surface area contributed by atoms with Gasteiger partial charge in [0.2, 0.25) is 0 Å². The Bertz CT molecular complexity index is 2810. The Morgan fingerprint density at radius 3 is 1.32 bits per heavy atom. The van der Waals surface area contributed by atoms with Gasteiger partial charge >= 0.3 is 0 Å². The third kappa shape index (κ3) is 15.3. The van der Waals surface area contributed by atoms with Crippen molar-refractivity contribution < 1.29 is 61.9 Å². The van der Waals surface area contributed by atoms with Crippen LogP contribution in [0.25, 0.3) is 62.7 Å². The lowest BCUT2D eigenvalue weighted by atomic mass is 9.81. The molecule has 0 amide bonds. The second-order valence-electron chi connectivity index (χ2n) is 19.6. The van der Waals surface area contributed by atoms with Gasteiger partial charge in [-0.2, -0.15) is 0 Å². The average molecular weight is 1130 g/mol. The number of aliphatic hydroxyl groups excluding tert-OH is 1. The Kier molecular flexibility index (Phi) is 22.9. The molecule has 7 unspecified atom stereocenters. The number of azide groups is 6. The maximum atomic E-state index is 11.2. The molecule has 31 nitrogen and oxygen atoms in total. The predicted octanol–water partition coefficient (Wildman–Crippen LogP) is 9.74. The van der Waals surface area contributed by atoms with Crippen LogP contribution in [0.3, 0.4) is 0 Å². The molecule has 81 heavy (non-hydrogen) atoms. The predicted molar refractivity (Wildman–Crippen MR) is 284 cm³/mol. The number of nitrogens with zero attached hydrogens (tertiary/aromatic N) is 18. The average Bonchev–Trinajstić information content (AvgIpc) is 3.88. The number of hydrogen-bond acceptors (Lipinski definition) is 19. The van der Waals surface area contributed by atoms with Crippen LogP contribution in [0.4, 0.5) is 0 Å². The fraction of sp³-hybridized carbons (Fsp3) is 0.640. The van der Waals surface area contributed by atoms with Crippen LogP contribution >= 0.6 is 0 Å². The van der Waals surface area contributed by atoms with Gasteiger partial charge in [-0.15, -0.1) is 0 Å². The normalized spacial score (nSPS) is 32.4. The molecular weight excluding hydrogens is 1060 g/mol. The van der Waals surface area contributed by atoms with Gasteiger partial charge in [0.1, 0.15) is 47.7 Å². The minimum Gasteiger partial charge on any atom is -0.497 e. The largest absolute Gasteiger partial charge is 0.497 e. The highest BCUT2D eigenvalue weighted by Crippen LogP contribution is 2.42. The Balaban J connectivity index is 1.32. The smallest absolute Gasteiger partial charge is 0.187 e. The standard InChI is InChI=1S/C50H64N18O13/c1-26-27(2)40(61-67-55)48(76-37(26)20-57-63-51)79-44-36(60-66-54)19-35(59-65-53)43(74-24-30-9-15-33(71-5)16-10-30)46(44)81-50-47(75-25-31-11-17-34(72-6)18-12-31)45(39(22-69)78-50)80-49-41(62-68-56)42(28(3)38(77-49)21-58-64-52)73-23-29-7-13-32(70-4)14-8-29/h7-18,26-28,35-50,69H,19-25H2,1-6H3/t26-,27+,28-,35-,36?,37?,38+,39-,40?,41?,42?,43?,44+,45+,46-,47?,48+,49-,50+/m1/s1. The molecule has 1 N–H and O–H groups in total. The summed E-state index contributed by atoms with van der Waals surface area (Å²) in [7, 11) is 4.60. The fourth-order valence-electron chi connectivity index (χ4n) is 10.4. The zero-order valence-electron chi connectivity index (χ0n) is 45.2. The van der Waals surface area contributed by atoms with Crippen LogP contribution in [-0.4, -0.2) is 144 Å². The van der Waals surface area contributed by atoms with Crippen LogP contribution in [0, 0.1) is 17.8 Å². The summed E-state index contributed by atoms with van der Waals surface area (Å²) in [6.07, 6.45) is -15.2. The summed E-state index contributed by atoms with van der Waals surface area (Å²) in [5, 5.41) is 35.2. The second kappa shape index (κ2) is 30.4. The lowest BCUT2D eigenvalue weighted by Crippen LogP contribution is -2.62. The number of ether oxygens (including phenoxy) is 12. The molecule has 7 rings (SSSR count). The first-order valence-electron chi connectivity index (χ1n) is 25.9. The van der Waals surface area contributed by atoms with Gasteiger partial charge in [-0.05, 0) is 105 Å². The van der Waals surface area contributed by atoms with Crippen molar-refractivity contribution >= 4 is 0 Å². The molecule has 1 saturated carbocycles. The molecule has 4 aliphatic rings. The van der Waals surface area contributed by atoms with Crippen LogP contribution in [-0.2, 0) is 62.5 Å². The lowest BCUT2D eigenvalue weighted by molar-refractivity contribution is -0.302. The number of hydrogen-bond donors (Lipinski definition) is 1. The minimum absolute atomic E-state index is 0.0502. The van der Waals surface area contributed by atoms with E-state index in [0.717, 1.165) is 5.56 Å². The van der Waals surface area contributed by atoms with E-state index in [9.17, 15) is 38.3 Å². The molecule has 3 saturated heterocycles. The van der Waals surface area contributed by atoms with Crippen molar-refractivity contribution in [3.05, 3.63) is 152 Å². The molecule has 4 fully saturated rings. The van der Waals surface area contributed by atoms with Crippen LogP contribution in [0.1, 0.15) is 43.9 Å². The Morgan fingerprint density at radius 2 is 0.852 bits per heavy atom. The van der Waals surface area contributed by atoms with Gasteiger partial charge in [-0.1, -0.05) is 87.9 Å². The highest BCUT2D eigenvalue weighted by Gasteiger charge is 2.56. The van der Waals surface area contributed by atoms with E-state index in [4.69, 9.17) is 56.8 Å². The Hall–Kier alpha value is -7.48. The third-order valence-corrected chi connectivity index (χ3v) is 15.0. The monoisotopic (exact) mass is 1120 g/mol. The number of benzene rings is 3. The second-order valence-corrected chi connectivity index (χ2v) is 19.6. The number of rotatable bonds is 27. The fourth-order valence-corrected chi connectivity index (χ4v) is 10.4. The van der Waals surface area contributed by atoms with Gasteiger partial charge in [0, 0.05) is 35.4 Å². The molecule has 0 bridgehead atoms. The zero-order valence-corrected chi connectivity index (χ0v) is 45.2. The van der Waals surface area contributed by atoms with E-state index in [0.29, 0.717) is 28.4 Å². The molecule has 0 radical (unpaired) electrons. The molecule has 1 aliphatic carbocycles. The van der Waals surface area contributed by atoms with Crippen molar-refractivity contribution in [1.82, 2.24) is 0 Å². The van der Waals surface area contributed by atoms with Crippen molar-refractivity contribution in [3.8, 4) is 17.2 Å². The van der Waals surface area contributed by atoms with Gasteiger partial charge in [-0.25, -0.2) is 0 Å². The summed E-state index contributed by atoms with van der Waals surface area (Å²) >= 11 is 0. The summed E-state index contributed by atoms with van der Waals surface area (Å²) in [6.45, 7) is 4.31. The van der Waals surface area contributed by atoms with E-state index in [1.54, 1.807) is 74.7 Å². The summed E-state index contributed by atoms with van der Waals surface area (Å²) in [4.78, 5) is 18.4. The molecule has 3 aromatic carbocycles. The first-order chi connectivity index (χ1) is 39.4. The molecule has 0 spiro atoms. The first kappa shape index (κ1) is 61.1. The van der Waals surface area contributed by atoms with Crippen LogP contribution in [0.2, 0.25) is 0 Å². The van der Waals surface area contributed by atoms with Crippen LogP contribution in [0.5, 0.6) is 17.2 Å². The summed E-state index contributed by atoms with van der Waals surface area (Å²) in [6, 6.07) is 16.6. The van der Waals surface area contributed by atoms with Gasteiger partial charge in [0.25, 0.3) is 0 Å². The maximum absolute atomic E-state index is 11.2. The van der Waals surface area contributed by atoms with Crippen molar-refractivity contribution in [3.63, 3.8) is 0 Å². The molecule has 3 aliphatic heterocycles. The quantitative estimate of drug-likeness (QED) is 0.0422.